The Bertz CT molecular complexity index is 314. The van der Waals surface area contributed by atoms with Crippen molar-refractivity contribution in [2.75, 3.05) is 6.54 Å². The van der Waals surface area contributed by atoms with Crippen molar-refractivity contribution in [1.82, 2.24) is 0 Å². The third-order valence-corrected chi connectivity index (χ3v) is 1.92. The van der Waals surface area contributed by atoms with Crippen LogP contribution in [0.2, 0.25) is 0 Å². The molecule has 0 fully saturated rings. The molecule has 0 saturated carbocycles. The number of nitrogens with two attached hydrogens (primary N) is 2. The highest BCUT2D eigenvalue weighted by molar-refractivity contribution is 5.34. The van der Waals surface area contributed by atoms with Gasteiger partial charge in [-0.05, 0) is 30.7 Å². The lowest BCUT2D eigenvalue weighted by molar-refractivity contribution is 0.661. The summed E-state index contributed by atoms with van der Waals surface area (Å²) in [5.41, 5.74) is 12.9. The SMILES string of the molecule is N#Cc1cccc([C@H](N)CCN)c1. The topological polar surface area (TPSA) is 75.8 Å². The monoisotopic (exact) mass is 175 g/mol. The van der Waals surface area contributed by atoms with Crippen LogP contribution >= 0.6 is 0 Å². The van der Waals surface area contributed by atoms with E-state index in [4.69, 9.17) is 16.7 Å². The molecule has 0 aromatic heterocycles. The average Bonchev–Trinajstić information content (AvgIpc) is 2.18. The first-order valence-corrected chi connectivity index (χ1v) is 4.23. The van der Waals surface area contributed by atoms with E-state index in [-0.39, 0.29) is 6.04 Å². The second-order valence-corrected chi connectivity index (χ2v) is 2.92. The number of nitrogens with zero attached hydrogens (tertiary/aromatic N) is 1. The van der Waals surface area contributed by atoms with E-state index in [9.17, 15) is 0 Å². The third kappa shape index (κ3) is 2.55. The van der Waals surface area contributed by atoms with E-state index in [1.54, 1.807) is 12.1 Å². The fourth-order valence-corrected chi connectivity index (χ4v) is 1.19. The minimum atomic E-state index is -0.0571. The molecule has 0 radical (unpaired) electrons. The zero-order valence-electron chi connectivity index (χ0n) is 7.40. The summed E-state index contributed by atoms with van der Waals surface area (Å²) in [4.78, 5) is 0. The van der Waals surface area contributed by atoms with Gasteiger partial charge in [-0.25, -0.2) is 0 Å². The van der Waals surface area contributed by atoms with Gasteiger partial charge in [0.25, 0.3) is 0 Å². The van der Waals surface area contributed by atoms with Crippen LogP contribution in [0.4, 0.5) is 0 Å². The second kappa shape index (κ2) is 4.61. The Labute approximate surface area is 78.0 Å². The Hall–Kier alpha value is -1.37. The molecule has 3 heteroatoms. The van der Waals surface area contributed by atoms with Crippen LogP contribution in [0, 0.1) is 11.3 Å². The molecule has 0 spiro atoms. The van der Waals surface area contributed by atoms with Crippen LogP contribution in [0.15, 0.2) is 24.3 Å². The third-order valence-electron chi connectivity index (χ3n) is 1.92. The lowest BCUT2D eigenvalue weighted by Gasteiger charge is -2.10. The molecule has 0 aliphatic rings. The van der Waals surface area contributed by atoms with Gasteiger partial charge in [0.15, 0.2) is 0 Å². The van der Waals surface area contributed by atoms with Crippen LogP contribution in [0.25, 0.3) is 0 Å². The molecule has 4 N–H and O–H groups in total. The maximum absolute atomic E-state index is 8.66. The van der Waals surface area contributed by atoms with Crippen molar-refractivity contribution in [3.8, 4) is 6.07 Å². The Kier molecular flexibility index (Phi) is 3.44. The minimum Gasteiger partial charge on any atom is -0.330 e. The molecule has 0 unspecified atom stereocenters. The molecule has 0 aliphatic heterocycles. The molecule has 0 saturated heterocycles. The molecule has 1 atom stereocenters. The minimum absolute atomic E-state index is 0.0571. The van der Waals surface area contributed by atoms with Crippen LogP contribution < -0.4 is 11.5 Å². The molecule has 3 nitrogen and oxygen atoms in total. The average molecular weight is 175 g/mol. The van der Waals surface area contributed by atoms with E-state index in [0.717, 1.165) is 12.0 Å². The first kappa shape index (κ1) is 9.72. The smallest absolute Gasteiger partial charge is 0.0991 e. The van der Waals surface area contributed by atoms with Gasteiger partial charge in [0.2, 0.25) is 0 Å². The maximum Gasteiger partial charge on any atom is 0.0991 e. The molecular weight excluding hydrogens is 162 g/mol. The largest absolute Gasteiger partial charge is 0.330 e. The van der Waals surface area contributed by atoms with Gasteiger partial charge >= 0.3 is 0 Å². The molecule has 0 amide bonds. The molecule has 13 heavy (non-hydrogen) atoms. The summed E-state index contributed by atoms with van der Waals surface area (Å²) in [6.45, 7) is 0.567. The van der Waals surface area contributed by atoms with Crippen LogP contribution in [-0.2, 0) is 0 Å². The van der Waals surface area contributed by atoms with E-state index in [1.807, 2.05) is 12.1 Å². The number of benzene rings is 1. The number of hydrogen-bond donors (Lipinski definition) is 2. The highest BCUT2D eigenvalue weighted by Gasteiger charge is 2.04. The van der Waals surface area contributed by atoms with Crippen molar-refractivity contribution in [3.05, 3.63) is 35.4 Å². The first-order valence-electron chi connectivity index (χ1n) is 4.23. The predicted molar refractivity (Wildman–Crippen MR) is 51.8 cm³/mol. The van der Waals surface area contributed by atoms with Gasteiger partial charge < -0.3 is 11.5 Å². The fraction of sp³-hybridized carbons (Fsp3) is 0.300. The summed E-state index contributed by atoms with van der Waals surface area (Å²) in [6, 6.07) is 9.34. The maximum atomic E-state index is 8.66. The summed E-state index contributed by atoms with van der Waals surface area (Å²) < 4.78 is 0. The fourth-order valence-electron chi connectivity index (χ4n) is 1.19. The number of rotatable bonds is 3. The lowest BCUT2D eigenvalue weighted by Crippen LogP contribution is -2.15. The normalized spacial score (nSPS) is 12.1. The van der Waals surface area contributed by atoms with Crippen LogP contribution in [0.5, 0.6) is 0 Å². The van der Waals surface area contributed by atoms with Crippen LogP contribution in [-0.4, -0.2) is 6.54 Å². The van der Waals surface area contributed by atoms with Gasteiger partial charge in [0.05, 0.1) is 11.6 Å². The van der Waals surface area contributed by atoms with Crippen LogP contribution in [0.1, 0.15) is 23.6 Å². The molecular formula is C10H13N3. The molecule has 0 bridgehead atoms. The predicted octanol–water partition coefficient (Wildman–Crippen LogP) is 0.907. The molecule has 0 heterocycles. The summed E-state index contributed by atoms with van der Waals surface area (Å²) in [5, 5.41) is 8.66. The molecule has 0 aliphatic carbocycles. The van der Waals surface area contributed by atoms with Crippen molar-refractivity contribution in [2.24, 2.45) is 11.5 Å². The van der Waals surface area contributed by atoms with E-state index in [2.05, 4.69) is 6.07 Å². The highest BCUT2D eigenvalue weighted by atomic mass is 14.7. The first-order chi connectivity index (χ1) is 6.27. The zero-order valence-corrected chi connectivity index (χ0v) is 7.40. The standard InChI is InChI=1S/C10H13N3/c11-5-4-10(13)9-3-1-2-8(6-9)7-12/h1-3,6,10H,4-5,11,13H2/t10-/m1/s1. The van der Waals surface area contributed by atoms with Gasteiger partial charge in [0.1, 0.15) is 0 Å². The van der Waals surface area contributed by atoms with Crippen molar-refractivity contribution in [3.63, 3.8) is 0 Å². The second-order valence-electron chi connectivity index (χ2n) is 2.92. The lowest BCUT2D eigenvalue weighted by atomic mass is 10.0. The molecule has 1 aromatic rings. The molecule has 68 valence electrons. The van der Waals surface area contributed by atoms with Gasteiger partial charge in [-0.2, -0.15) is 5.26 Å². The Morgan fingerprint density at radius 2 is 2.23 bits per heavy atom. The van der Waals surface area contributed by atoms with E-state index >= 15 is 0 Å². The number of nitriles is 1. The summed E-state index contributed by atoms with van der Waals surface area (Å²) in [6.07, 6.45) is 0.745. The summed E-state index contributed by atoms with van der Waals surface area (Å²) >= 11 is 0. The van der Waals surface area contributed by atoms with E-state index in [1.165, 1.54) is 0 Å². The summed E-state index contributed by atoms with van der Waals surface area (Å²) in [7, 11) is 0. The van der Waals surface area contributed by atoms with E-state index in [0.29, 0.717) is 12.1 Å². The van der Waals surface area contributed by atoms with E-state index < -0.39 is 0 Å². The Balaban J connectivity index is 2.83. The molecule has 1 rings (SSSR count). The quantitative estimate of drug-likeness (QED) is 0.716. The number of hydrogen-bond acceptors (Lipinski definition) is 3. The highest BCUT2D eigenvalue weighted by Crippen LogP contribution is 2.14. The van der Waals surface area contributed by atoms with Crippen molar-refractivity contribution in [2.45, 2.75) is 12.5 Å². The van der Waals surface area contributed by atoms with Gasteiger partial charge in [-0.15, -0.1) is 0 Å². The van der Waals surface area contributed by atoms with Crippen molar-refractivity contribution < 1.29 is 0 Å². The summed E-state index contributed by atoms with van der Waals surface area (Å²) in [5.74, 6) is 0. The van der Waals surface area contributed by atoms with Gasteiger partial charge in [0, 0.05) is 6.04 Å². The molecule has 1 aromatic carbocycles. The zero-order chi connectivity index (χ0) is 9.68. The van der Waals surface area contributed by atoms with Gasteiger partial charge in [-0.3, -0.25) is 0 Å². The van der Waals surface area contributed by atoms with Crippen LogP contribution in [0.3, 0.4) is 0 Å². The Morgan fingerprint density at radius 3 is 2.85 bits per heavy atom. The van der Waals surface area contributed by atoms with Gasteiger partial charge in [-0.1, -0.05) is 12.1 Å². The van der Waals surface area contributed by atoms with Crippen molar-refractivity contribution in [1.29, 1.82) is 5.26 Å². The Morgan fingerprint density at radius 1 is 1.46 bits per heavy atom. The van der Waals surface area contributed by atoms with Crippen molar-refractivity contribution >= 4 is 0 Å².